The molecule has 0 saturated carbocycles. The van der Waals surface area contributed by atoms with E-state index < -0.39 is 5.97 Å². The van der Waals surface area contributed by atoms with Crippen molar-refractivity contribution in [2.75, 3.05) is 12.4 Å². The zero-order valence-electron chi connectivity index (χ0n) is 12.7. The summed E-state index contributed by atoms with van der Waals surface area (Å²) in [4.78, 5) is 23.8. The van der Waals surface area contributed by atoms with Crippen LogP contribution in [0.15, 0.2) is 18.2 Å². The predicted molar refractivity (Wildman–Crippen MR) is 84.7 cm³/mol. The number of amides is 1. The van der Waals surface area contributed by atoms with Crippen LogP contribution in [0.4, 0.5) is 5.69 Å². The summed E-state index contributed by atoms with van der Waals surface area (Å²) in [6.07, 6.45) is 3.71. The number of anilines is 1. The summed E-state index contributed by atoms with van der Waals surface area (Å²) < 4.78 is 4.66. The summed E-state index contributed by atoms with van der Waals surface area (Å²) in [5.41, 5.74) is 0.804. The molecule has 5 heteroatoms. The Hall–Kier alpha value is -1.55. The number of benzene rings is 1. The largest absolute Gasteiger partial charge is 0.465 e. The lowest BCUT2D eigenvalue weighted by molar-refractivity contribution is -0.120. The Morgan fingerprint density at radius 1 is 1.33 bits per heavy atom. The van der Waals surface area contributed by atoms with Gasteiger partial charge in [-0.05, 0) is 31.0 Å². The first-order valence-corrected chi connectivity index (χ1v) is 7.59. The van der Waals surface area contributed by atoms with Gasteiger partial charge in [-0.2, -0.15) is 0 Å². The maximum absolute atomic E-state index is 12.3. The van der Waals surface area contributed by atoms with Crippen LogP contribution < -0.4 is 5.32 Å². The highest BCUT2D eigenvalue weighted by Crippen LogP contribution is 2.25. The quantitative estimate of drug-likeness (QED) is 0.765. The number of carbonyl (C=O) groups is 2. The number of nitrogens with one attached hydrogen (secondary N) is 1. The van der Waals surface area contributed by atoms with Gasteiger partial charge in [0.2, 0.25) is 5.91 Å². The van der Waals surface area contributed by atoms with Crippen LogP contribution in [0.25, 0.3) is 0 Å². The molecule has 0 aliphatic carbocycles. The number of carbonyl (C=O) groups excluding carboxylic acids is 2. The topological polar surface area (TPSA) is 55.4 Å². The van der Waals surface area contributed by atoms with Gasteiger partial charge in [-0.3, -0.25) is 4.79 Å². The minimum atomic E-state index is -0.458. The number of esters is 1. The van der Waals surface area contributed by atoms with Crippen LogP contribution in [0, 0.1) is 5.92 Å². The van der Waals surface area contributed by atoms with Gasteiger partial charge in [0, 0.05) is 5.92 Å². The highest BCUT2D eigenvalue weighted by molar-refractivity contribution is 6.33. The molecular weight excluding hydrogens is 290 g/mol. The van der Waals surface area contributed by atoms with Crippen LogP contribution in [-0.2, 0) is 9.53 Å². The van der Waals surface area contributed by atoms with Gasteiger partial charge in [0.05, 0.1) is 23.4 Å². The molecule has 0 fully saturated rings. The van der Waals surface area contributed by atoms with Crippen LogP contribution in [0.3, 0.4) is 0 Å². The van der Waals surface area contributed by atoms with Gasteiger partial charge in [-0.15, -0.1) is 0 Å². The summed E-state index contributed by atoms with van der Waals surface area (Å²) >= 11 is 6.07. The highest BCUT2D eigenvalue weighted by atomic mass is 35.5. The predicted octanol–water partition coefficient (Wildman–Crippen LogP) is 4.28. The summed E-state index contributed by atoms with van der Waals surface area (Å²) in [6, 6.07) is 4.69. The van der Waals surface area contributed by atoms with Crippen molar-refractivity contribution >= 4 is 29.2 Å². The molecule has 0 aliphatic heterocycles. The van der Waals surface area contributed by atoms with E-state index >= 15 is 0 Å². The van der Waals surface area contributed by atoms with Crippen molar-refractivity contribution in [3.05, 3.63) is 28.8 Å². The van der Waals surface area contributed by atoms with E-state index in [9.17, 15) is 9.59 Å². The molecule has 0 spiro atoms. The normalized spacial score (nSPS) is 11.8. The minimum Gasteiger partial charge on any atom is -0.465 e. The molecule has 4 nitrogen and oxygen atoms in total. The molecule has 1 atom stereocenters. The monoisotopic (exact) mass is 311 g/mol. The smallest absolute Gasteiger partial charge is 0.337 e. The summed E-state index contributed by atoms with van der Waals surface area (Å²) in [5.74, 6) is -0.558. The van der Waals surface area contributed by atoms with Gasteiger partial charge in [-0.1, -0.05) is 38.3 Å². The zero-order chi connectivity index (χ0) is 15.8. The maximum Gasteiger partial charge on any atom is 0.337 e. The minimum absolute atomic E-state index is 0.0391. The third kappa shape index (κ3) is 5.05. The molecule has 1 aromatic rings. The zero-order valence-corrected chi connectivity index (χ0v) is 13.5. The van der Waals surface area contributed by atoms with Crippen molar-refractivity contribution in [1.29, 1.82) is 0 Å². The standard InChI is InChI=1S/C16H22ClNO3/c1-4-6-7-11(5-2)15(19)18-14-10-12(16(20)21-3)8-9-13(14)17/h8-11H,4-7H2,1-3H3,(H,18,19)/t11-/m0/s1. The number of methoxy groups -OCH3 is 1. The number of rotatable bonds is 7. The first-order chi connectivity index (χ1) is 10.0. The molecule has 0 heterocycles. The van der Waals surface area contributed by atoms with Crippen molar-refractivity contribution < 1.29 is 14.3 Å². The van der Waals surface area contributed by atoms with Crippen molar-refractivity contribution in [2.45, 2.75) is 39.5 Å². The molecule has 0 bridgehead atoms. The average molecular weight is 312 g/mol. The van der Waals surface area contributed by atoms with Crippen LogP contribution >= 0.6 is 11.6 Å². The van der Waals surface area contributed by atoms with Crippen molar-refractivity contribution in [1.82, 2.24) is 0 Å². The van der Waals surface area contributed by atoms with Gasteiger partial charge in [-0.25, -0.2) is 4.79 Å². The number of unbranched alkanes of at least 4 members (excludes halogenated alkanes) is 1. The lowest BCUT2D eigenvalue weighted by Gasteiger charge is -2.15. The van der Waals surface area contributed by atoms with E-state index in [1.165, 1.54) is 7.11 Å². The molecule has 1 aromatic carbocycles. The van der Waals surface area contributed by atoms with Gasteiger partial charge >= 0.3 is 5.97 Å². The molecule has 21 heavy (non-hydrogen) atoms. The Morgan fingerprint density at radius 2 is 2.05 bits per heavy atom. The first-order valence-electron chi connectivity index (χ1n) is 7.22. The van der Waals surface area contributed by atoms with E-state index in [0.717, 1.165) is 25.7 Å². The summed E-state index contributed by atoms with van der Waals surface area (Å²) in [5, 5.41) is 3.21. The third-order valence-electron chi connectivity index (χ3n) is 3.42. The second kappa shape index (κ2) is 8.67. The molecule has 1 N–H and O–H groups in total. The molecule has 0 saturated heterocycles. The average Bonchev–Trinajstić information content (AvgIpc) is 2.49. The molecule has 0 radical (unpaired) electrons. The Morgan fingerprint density at radius 3 is 2.62 bits per heavy atom. The van der Waals surface area contributed by atoms with Crippen molar-refractivity contribution in [3.8, 4) is 0 Å². The number of hydrogen-bond donors (Lipinski definition) is 1. The first kappa shape index (κ1) is 17.5. The maximum atomic E-state index is 12.3. The molecule has 0 aromatic heterocycles. The van der Waals surface area contributed by atoms with Crippen molar-refractivity contribution in [2.24, 2.45) is 5.92 Å². The molecule has 0 aliphatic rings. The number of halogens is 1. The van der Waals surface area contributed by atoms with E-state index in [-0.39, 0.29) is 11.8 Å². The van der Waals surface area contributed by atoms with Gasteiger partial charge < -0.3 is 10.1 Å². The summed E-state index contributed by atoms with van der Waals surface area (Å²) in [7, 11) is 1.31. The Bertz CT molecular complexity index is 502. The summed E-state index contributed by atoms with van der Waals surface area (Å²) in [6.45, 7) is 4.09. The molecule has 116 valence electrons. The number of hydrogen-bond acceptors (Lipinski definition) is 3. The van der Waals surface area contributed by atoms with E-state index in [4.69, 9.17) is 11.6 Å². The lowest BCUT2D eigenvalue weighted by atomic mass is 9.98. The van der Waals surface area contributed by atoms with Crippen LogP contribution in [0.2, 0.25) is 5.02 Å². The molecule has 1 rings (SSSR count). The fraction of sp³-hybridized carbons (Fsp3) is 0.500. The Kier molecular flexibility index (Phi) is 7.23. The Labute approximate surface area is 130 Å². The second-order valence-corrected chi connectivity index (χ2v) is 5.33. The lowest BCUT2D eigenvalue weighted by Crippen LogP contribution is -2.22. The van der Waals surface area contributed by atoms with Gasteiger partial charge in [0.25, 0.3) is 0 Å². The van der Waals surface area contributed by atoms with E-state index in [0.29, 0.717) is 16.3 Å². The van der Waals surface area contributed by atoms with E-state index in [2.05, 4.69) is 17.0 Å². The molecule has 1 amide bonds. The molecular formula is C16H22ClNO3. The Balaban J connectivity index is 2.85. The SMILES string of the molecule is CCCC[C@H](CC)C(=O)Nc1cc(C(=O)OC)ccc1Cl. The third-order valence-corrected chi connectivity index (χ3v) is 3.74. The van der Waals surface area contributed by atoms with Crippen LogP contribution in [0.5, 0.6) is 0 Å². The highest BCUT2D eigenvalue weighted by Gasteiger charge is 2.18. The van der Waals surface area contributed by atoms with Gasteiger partial charge in [0.1, 0.15) is 0 Å². The van der Waals surface area contributed by atoms with Crippen LogP contribution in [0.1, 0.15) is 49.9 Å². The fourth-order valence-corrected chi connectivity index (χ4v) is 2.24. The second-order valence-electron chi connectivity index (χ2n) is 4.92. The van der Waals surface area contributed by atoms with E-state index in [1.54, 1.807) is 18.2 Å². The van der Waals surface area contributed by atoms with Crippen LogP contribution in [-0.4, -0.2) is 19.0 Å². The van der Waals surface area contributed by atoms with Crippen molar-refractivity contribution in [3.63, 3.8) is 0 Å². The van der Waals surface area contributed by atoms with Gasteiger partial charge in [0.15, 0.2) is 0 Å². The fourth-order valence-electron chi connectivity index (χ4n) is 2.07. The van der Waals surface area contributed by atoms with E-state index in [1.807, 2.05) is 6.92 Å². The molecule has 0 unspecified atom stereocenters. The number of ether oxygens (including phenoxy) is 1.